The van der Waals surface area contributed by atoms with Crippen LogP contribution >= 0.6 is 11.6 Å². The van der Waals surface area contributed by atoms with Gasteiger partial charge in [-0.15, -0.1) is 0 Å². The van der Waals surface area contributed by atoms with E-state index in [1.54, 1.807) is 0 Å². The predicted octanol–water partition coefficient (Wildman–Crippen LogP) is 2.61. The second-order valence-electron chi connectivity index (χ2n) is 2.98. The first-order valence-corrected chi connectivity index (χ1v) is 4.45. The zero-order valence-electron chi connectivity index (χ0n) is 7.80. The fraction of sp³-hybridized carbons (Fsp3) is 0.333. The second-order valence-corrected chi connectivity index (χ2v) is 3.35. The lowest BCUT2D eigenvalue weighted by Gasteiger charge is -2.07. The number of alkyl halides is 2. The molecule has 1 rings (SSSR count). The number of nitrogens with zero attached hydrogens (tertiary/aromatic N) is 1. The number of hydrogen-bond acceptors (Lipinski definition) is 2. The highest BCUT2D eigenvalue weighted by molar-refractivity contribution is 6.32. The van der Waals surface area contributed by atoms with E-state index in [2.05, 4.69) is 4.98 Å². The maximum atomic E-state index is 12.3. The summed E-state index contributed by atoms with van der Waals surface area (Å²) in [6.45, 7) is 1.46. The molecule has 0 saturated carbocycles. The summed E-state index contributed by atoms with van der Waals surface area (Å²) < 4.78 is 24.7. The van der Waals surface area contributed by atoms with Gasteiger partial charge in [0, 0.05) is 0 Å². The maximum Gasteiger partial charge on any atom is 0.307 e. The predicted molar refractivity (Wildman–Crippen MR) is 50.3 cm³/mol. The van der Waals surface area contributed by atoms with Crippen LogP contribution in [-0.2, 0) is 11.2 Å². The van der Waals surface area contributed by atoms with Gasteiger partial charge < -0.3 is 5.11 Å². The van der Waals surface area contributed by atoms with Crippen LogP contribution in [0.5, 0.6) is 0 Å². The van der Waals surface area contributed by atoms with Gasteiger partial charge in [0.25, 0.3) is 6.43 Å². The average molecular weight is 236 g/mol. The van der Waals surface area contributed by atoms with Crippen LogP contribution in [0, 0.1) is 6.92 Å². The van der Waals surface area contributed by atoms with Crippen molar-refractivity contribution in [3.63, 3.8) is 0 Å². The maximum absolute atomic E-state index is 12.3. The summed E-state index contributed by atoms with van der Waals surface area (Å²) in [4.78, 5) is 14.0. The number of aromatic nitrogens is 1. The van der Waals surface area contributed by atoms with Crippen molar-refractivity contribution >= 4 is 17.6 Å². The van der Waals surface area contributed by atoms with Gasteiger partial charge in [0.05, 0.1) is 17.1 Å². The van der Waals surface area contributed by atoms with Crippen LogP contribution < -0.4 is 0 Å². The molecule has 0 aliphatic carbocycles. The number of aryl methyl sites for hydroxylation is 1. The molecule has 0 bridgehead atoms. The molecule has 1 aromatic heterocycles. The van der Waals surface area contributed by atoms with E-state index in [4.69, 9.17) is 16.7 Å². The molecule has 0 atom stereocenters. The Morgan fingerprint density at radius 2 is 2.27 bits per heavy atom. The Hall–Kier alpha value is -1.23. The molecule has 1 heterocycles. The van der Waals surface area contributed by atoms with Crippen molar-refractivity contribution in [1.29, 1.82) is 0 Å². The molecular formula is C9H8ClF2NO2. The highest BCUT2D eigenvalue weighted by Crippen LogP contribution is 2.25. The van der Waals surface area contributed by atoms with Crippen LogP contribution in [0.15, 0.2) is 6.07 Å². The quantitative estimate of drug-likeness (QED) is 0.876. The smallest absolute Gasteiger partial charge is 0.307 e. The third-order valence-electron chi connectivity index (χ3n) is 1.78. The molecule has 0 fully saturated rings. The zero-order valence-corrected chi connectivity index (χ0v) is 8.55. The van der Waals surface area contributed by atoms with Crippen LogP contribution in [0.25, 0.3) is 0 Å². The molecule has 15 heavy (non-hydrogen) atoms. The first-order chi connectivity index (χ1) is 6.91. The van der Waals surface area contributed by atoms with Crippen molar-refractivity contribution in [3.8, 4) is 0 Å². The lowest BCUT2D eigenvalue weighted by atomic mass is 10.1. The van der Waals surface area contributed by atoms with Crippen molar-refractivity contribution in [3.05, 3.63) is 28.0 Å². The van der Waals surface area contributed by atoms with Crippen LogP contribution in [-0.4, -0.2) is 16.1 Å². The summed E-state index contributed by atoms with van der Waals surface area (Å²) in [5.74, 6) is -1.12. The molecule has 0 unspecified atom stereocenters. The molecule has 3 nitrogen and oxygen atoms in total. The topological polar surface area (TPSA) is 50.2 Å². The average Bonchev–Trinajstić information content (AvgIpc) is 2.11. The van der Waals surface area contributed by atoms with E-state index in [1.165, 1.54) is 6.92 Å². The Bertz CT molecular complexity index is 396. The third kappa shape index (κ3) is 2.86. The normalized spacial score (nSPS) is 10.7. The highest BCUT2D eigenvalue weighted by Gasteiger charge is 2.15. The summed E-state index contributed by atoms with van der Waals surface area (Å²) >= 11 is 5.74. The molecule has 0 spiro atoms. The molecule has 0 amide bonds. The molecule has 1 N–H and O–H groups in total. The lowest BCUT2D eigenvalue weighted by molar-refractivity contribution is -0.136. The standard InChI is InChI=1S/C9H8ClF2NO2/c1-4-8(10)5(3-7(14)15)2-6(13-4)9(11)12/h2,9H,3H2,1H3,(H,14,15). The molecule has 82 valence electrons. The van der Waals surface area contributed by atoms with E-state index in [-0.39, 0.29) is 22.7 Å². The third-order valence-corrected chi connectivity index (χ3v) is 2.30. The minimum absolute atomic E-state index is 0.127. The van der Waals surface area contributed by atoms with Gasteiger partial charge in [-0.3, -0.25) is 9.78 Å². The number of rotatable bonds is 3. The van der Waals surface area contributed by atoms with Crippen molar-refractivity contribution in [2.24, 2.45) is 0 Å². The molecule has 6 heteroatoms. The monoisotopic (exact) mass is 235 g/mol. The molecule has 0 aromatic carbocycles. The fourth-order valence-electron chi connectivity index (χ4n) is 1.15. The number of pyridine rings is 1. The minimum Gasteiger partial charge on any atom is -0.481 e. The van der Waals surface area contributed by atoms with E-state index in [0.29, 0.717) is 0 Å². The van der Waals surface area contributed by atoms with Gasteiger partial charge in [-0.05, 0) is 18.6 Å². The lowest BCUT2D eigenvalue weighted by Crippen LogP contribution is -2.04. The van der Waals surface area contributed by atoms with Crippen molar-refractivity contribution in [2.45, 2.75) is 19.8 Å². The van der Waals surface area contributed by atoms with Crippen LogP contribution in [0.1, 0.15) is 23.4 Å². The second kappa shape index (κ2) is 4.53. The van der Waals surface area contributed by atoms with E-state index in [1.807, 2.05) is 0 Å². The summed E-state index contributed by atoms with van der Waals surface area (Å²) in [6.07, 6.45) is -3.12. The molecule has 0 aliphatic heterocycles. The molecule has 1 aromatic rings. The van der Waals surface area contributed by atoms with Crippen molar-refractivity contribution in [2.75, 3.05) is 0 Å². The first-order valence-electron chi connectivity index (χ1n) is 4.07. The van der Waals surface area contributed by atoms with E-state index >= 15 is 0 Å². The number of carbonyl (C=O) groups is 1. The summed E-state index contributed by atoms with van der Waals surface area (Å²) in [5, 5.41) is 8.67. The van der Waals surface area contributed by atoms with Crippen LogP contribution in [0.4, 0.5) is 8.78 Å². The Morgan fingerprint density at radius 1 is 1.67 bits per heavy atom. The van der Waals surface area contributed by atoms with Crippen molar-refractivity contribution in [1.82, 2.24) is 4.98 Å². The summed E-state index contributed by atoms with van der Waals surface area (Å²) in [5.41, 5.74) is -0.0779. The number of carboxylic acids is 1. The van der Waals surface area contributed by atoms with Gasteiger partial charge >= 0.3 is 5.97 Å². The number of hydrogen-bond donors (Lipinski definition) is 1. The first kappa shape index (κ1) is 11.8. The van der Waals surface area contributed by atoms with Gasteiger partial charge in [-0.1, -0.05) is 11.6 Å². The Balaban J connectivity index is 3.18. The van der Waals surface area contributed by atoms with Gasteiger partial charge in [-0.2, -0.15) is 0 Å². The number of halogens is 3. The van der Waals surface area contributed by atoms with Gasteiger partial charge in [-0.25, -0.2) is 8.78 Å². The van der Waals surface area contributed by atoms with Crippen LogP contribution in [0.3, 0.4) is 0 Å². The Labute approximate surface area is 89.7 Å². The molecular weight excluding hydrogens is 228 g/mol. The minimum atomic E-state index is -2.73. The number of aliphatic carboxylic acids is 1. The van der Waals surface area contributed by atoms with Gasteiger partial charge in [0.15, 0.2) is 0 Å². The Kier molecular flexibility index (Phi) is 3.57. The highest BCUT2D eigenvalue weighted by atomic mass is 35.5. The van der Waals surface area contributed by atoms with Gasteiger partial charge in [0.2, 0.25) is 0 Å². The summed E-state index contributed by atoms with van der Waals surface area (Å²) in [6, 6.07) is 1.02. The van der Waals surface area contributed by atoms with E-state index in [9.17, 15) is 13.6 Å². The van der Waals surface area contributed by atoms with Gasteiger partial charge in [0.1, 0.15) is 5.69 Å². The summed E-state index contributed by atoms with van der Waals surface area (Å²) in [7, 11) is 0. The SMILES string of the molecule is Cc1nc(C(F)F)cc(CC(=O)O)c1Cl. The Morgan fingerprint density at radius 3 is 2.73 bits per heavy atom. The number of carboxylic acid groups (broad SMARTS) is 1. The largest absolute Gasteiger partial charge is 0.481 e. The molecule has 0 aliphatic rings. The van der Waals surface area contributed by atoms with Crippen LogP contribution in [0.2, 0.25) is 5.02 Å². The molecule has 0 saturated heterocycles. The van der Waals surface area contributed by atoms with Crippen molar-refractivity contribution < 1.29 is 18.7 Å². The fourth-order valence-corrected chi connectivity index (χ4v) is 1.32. The van der Waals surface area contributed by atoms with E-state index in [0.717, 1.165) is 6.07 Å². The molecule has 0 radical (unpaired) electrons. The zero-order chi connectivity index (χ0) is 11.6. The van der Waals surface area contributed by atoms with E-state index < -0.39 is 18.1 Å².